The number of oxazole rings is 1. The number of nitrogens with zero attached hydrogens (tertiary/aromatic N) is 1. The number of ether oxygens (including phenoxy) is 1. The maximum Gasteiger partial charge on any atom is 0.321 e. The number of hydrogen-bond donors (Lipinski definition) is 3. The van der Waals surface area contributed by atoms with Crippen LogP contribution in [0.25, 0.3) is 11.5 Å². The van der Waals surface area contributed by atoms with Crippen LogP contribution in [0.15, 0.2) is 77.2 Å². The summed E-state index contributed by atoms with van der Waals surface area (Å²) in [5.41, 5.74) is 3.54. The molecule has 1 saturated heterocycles. The minimum atomic E-state index is -0.942. The predicted molar refractivity (Wildman–Crippen MR) is 152 cm³/mol. The molecule has 0 bridgehead atoms. The number of hydrogen-bond acceptors (Lipinski definition) is 6. The molecule has 3 aromatic carbocycles. The molecule has 40 heavy (non-hydrogen) atoms. The normalized spacial score (nSPS) is 16.6. The summed E-state index contributed by atoms with van der Waals surface area (Å²) in [4.78, 5) is 29.9. The van der Waals surface area contributed by atoms with Crippen LogP contribution in [0.4, 0.5) is 0 Å². The zero-order valence-electron chi connectivity index (χ0n) is 22.0. The third-order valence-corrected chi connectivity index (χ3v) is 7.44. The van der Waals surface area contributed by atoms with Gasteiger partial charge in [0.05, 0.1) is 12.3 Å². The number of aromatic nitrogens is 1. The highest BCUT2D eigenvalue weighted by molar-refractivity contribution is 6.31. The van der Waals surface area contributed by atoms with Crippen LogP contribution in [-0.4, -0.2) is 41.2 Å². The van der Waals surface area contributed by atoms with Gasteiger partial charge in [-0.2, -0.15) is 0 Å². The van der Waals surface area contributed by atoms with E-state index in [-0.39, 0.29) is 18.4 Å². The van der Waals surface area contributed by atoms with Crippen molar-refractivity contribution in [3.63, 3.8) is 0 Å². The summed E-state index contributed by atoms with van der Waals surface area (Å²) in [5.74, 6) is 0.189. The first kappa shape index (κ1) is 27.4. The molecule has 4 aromatic rings. The van der Waals surface area contributed by atoms with E-state index in [0.29, 0.717) is 53.8 Å². The molecular formula is C31H30ClN3O5. The molecule has 1 unspecified atom stereocenters. The van der Waals surface area contributed by atoms with Crippen molar-refractivity contribution in [2.75, 3.05) is 13.2 Å². The van der Waals surface area contributed by atoms with E-state index in [0.717, 1.165) is 22.6 Å². The number of amides is 1. The predicted octanol–water partition coefficient (Wildman–Crippen LogP) is 5.39. The Bertz CT molecular complexity index is 1500. The lowest BCUT2D eigenvalue weighted by atomic mass is 9.88. The van der Waals surface area contributed by atoms with Crippen molar-refractivity contribution in [3.8, 4) is 17.2 Å². The fourth-order valence-corrected chi connectivity index (χ4v) is 5.19. The van der Waals surface area contributed by atoms with Gasteiger partial charge in [0.2, 0.25) is 5.89 Å². The Morgan fingerprint density at radius 1 is 1.12 bits per heavy atom. The van der Waals surface area contributed by atoms with E-state index >= 15 is 0 Å². The molecule has 1 aliphatic rings. The molecule has 9 heteroatoms. The van der Waals surface area contributed by atoms with Crippen LogP contribution in [0.2, 0.25) is 5.02 Å². The number of benzene rings is 3. The van der Waals surface area contributed by atoms with E-state index in [1.54, 1.807) is 24.3 Å². The second kappa shape index (κ2) is 12.4. The fourth-order valence-electron chi connectivity index (χ4n) is 4.99. The summed E-state index contributed by atoms with van der Waals surface area (Å²) in [6.45, 7) is 3.00. The van der Waals surface area contributed by atoms with Gasteiger partial charge in [-0.15, -0.1) is 0 Å². The molecule has 0 aliphatic carbocycles. The summed E-state index contributed by atoms with van der Waals surface area (Å²) in [5, 5.41) is 16.2. The molecule has 206 valence electrons. The lowest BCUT2D eigenvalue weighted by molar-refractivity contribution is -0.139. The Morgan fingerprint density at radius 3 is 2.67 bits per heavy atom. The molecule has 1 fully saturated rings. The standard InChI is InChI=1S/C31H30ClN3O5/c1-19-27(35-30(40-19)20-7-3-2-4-8-20)14-16-39-22-11-12-23(24-13-15-33-28(24)31(37)38)25(17-22)29(36)34-18-21-9-5-6-10-26(21)32/h2-12,17,24,28,33H,13-16,18H2,1H3,(H,34,36)(H,37,38)/t24?,28-/m0/s1. The maximum absolute atomic E-state index is 13.4. The van der Waals surface area contributed by atoms with Crippen LogP contribution in [0.5, 0.6) is 5.75 Å². The van der Waals surface area contributed by atoms with Crippen LogP contribution in [0, 0.1) is 6.92 Å². The number of carboxylic acid groups (broad SMARTS) is 1. The van der Waals surface area contributed by atoms with Crippen molar-refractivity contribution in [1.29, 1.82) is 0 Å². The van der Waals surface area contributed by atoms with Crippen LogP contribution >= 0.6 is 11.6 Å². The monoisotopic (exact) mass is 559 g/mol. The average molecular weight is 560 g/mol. The molecule has 1 aliphatic heterocycles. The minimum Gasteiger partial charge on any atom is -0.493 e. The number of carbonyl (C=O) groups is 2. The Balaban J connectivity index is 1.33. The zero-order chi connectivity index (χ0) is 28.1. The largest absolute Gasteiger partial charge is 0.493 e. The van der Waals surface area contributed by atoms with E-state index in [1.807, 2.05) is 55.5 Å². The number of aliphatic carboxylic acids is 1. The van der Waals surface area contributed by atoms with Gasteiger partial charge in [-0.1, -0.05) is 54.1 Å². The van der Waals surface area contributed by atoms with Gasteiger partial charge in [0.15, 0.2) is 0 Å². The molecule has 2 heterocycles. The Kier molecular flexibility index (Phi) is 8.48. The van der Waals surface area contributed by atoms with Crippen molar-refractivity contribution < 1.29 is 23.8 Å². The second-order valence-electron chi connectivity index (χ2n) is 9.67. The van der Waals surface area contributed by atoms with Gasteiger partial charge in [-0.3, -0.25) is 9.59 Å². The summed E-state index contributed by atoms with van der Waals surface area (Å²) >= 11 is 6.27. The van der Waals surface area contributed by atoms with Gasteiger partial charge in [-0.25, -0.2) is 4.98 Å². The smallest absolute Gasteiger partial charge is 0.321 e. The van der Waals surface area contributed by atoms with Crippen LogP contribution in [0.1, 0.15) is 45.3 Å². The quantitative estimate of drug-likeness (QED) is 0.239. The first-order valence-electron chi connectivity index (χ1n) is 13.2. The van der Waals surface area contributed by atoms with Crippen molar-refractivity contribution in [2.45, 2.75) is 38.3 Å². The maximum atomic E-state index is 13.4. The third-order valence-electron chi connectivity index (χ3n) is 7.08. The minimum absolute atomic E-state index is 0.240. The van der Waals surface area contributed by atoms with Crippen LogP contribution < -0.4 is 15.4 Å². The van der Waals surface area contributed by atoms with Crippen molar-refractivity contribution in [2.24, 2.45) is 0 Å². The SMILES string of the molecule is Cc1oc(-c2ccccc2)nc1CCOc1ccc(C2CCN[C@@H]2C(=O)O)c(C(=O)NCc2ccccc2Cl)c1. The van der Waals surface area contributed by atoms with Crippen molar-refractivity contribution >= 4 is 23.5 Å². The van der Waals surface area contributed by atoms with E-state index < -0.39 is 12.0 Å². The average Bonchev–Trinajstić information content (AvgIpc) is 3.60. The molecule has 0 radical (unpaired) electrons. The van der Waals surface area contributed by atoms with Gasteiger partial charge in [0, 0.05) is 35.0 Å². The topological polar surface area (TPSA) is 114 Å². The molecule has 8 nitrogen and oxygen atoms in total. The molecular weight excluding hydrogens is 530 g/mol. The van der Waals surface area contributed by atoms with Gasteiger partial charge in [0.25, 0.3) is 5.91 Å². The Hall–Kier alpha value is -4.14. The van der Waals surface area contributed by atoms with Crippen molar-refractivity contribution in [1.82, 2.24) is 15.6 Å². The Morgan fingerprint density at radius 2 is 1.90 bits per heavy atom. The number of carboxylic acids is 1. The lowest BCUT2D eigenvalue weighted by Crippen LogP contribution is -2.35. The molecule has 3 N–H and O–H groups in total. The molecule has 2 atom stereocenters. The fraction of sp³-hybridized carbons (Fsp3) is 0.258. The first-order valence-corrected chi connectivity index (χ1v) is 13.5. The molecule has 1 aromatic heterocycles. The zero-order valence-corrected chi connectivity index (χ0v) is 22.8. The number of aryl methyl sites for hydroxylation is 1. The van der Waals surface area contributed by atoms with Gasteiger partial charge in [0.1, 0.15) is 17.6 Å². The van der Waals surface area contributed by atoms with Crippen LogP contribution in [0.3, 0.4) is 0 Å². The number of carbonyl (C=O) groups excluding carboxylic acids is 1. The number of rotatable bonds is 10. The molecule has 0 spiro atoms. The summed E-state index contributed by atoms with van der Waals surface area (Å²) in [7, 11) is 0. The van der Waals surface area contributed by atoms with E-state index in [9.17, 15) is 14.7 Å². The molecule has 0 saturated carbocycles. The summed E-state index contributed by atoms with van der Waals surface area (Å²) in [6, 6.07) is 21.5. The lowest BCUT2D eigenvalue weighted by Gasteiger charge is -2.20. The van der Waals surface area contributed by atoms with Gasteiger partial charge in [-0.05, 0) is 61.3 Å². The highest BCUT2D eigenvalue weighted by atomic mass is 35.5. The van der Waals surface area contributed by atoms with E-state index in [1.165, 1.54) is 0 Å². The third kappa shape index (κ3) is 6.19. The summed E-state index contributed by atoms with van der Waals surface area (Å²) in [6.07, 6.45) is 1.13. The van der Waals surface area contributed by atoms with Crippen molar-refractivity contribution in [3.05, 3.63) is 106 Å². The van der Waals surface area contributed by atoms with E-state index in [4.69, 9.17) is 20.8 Å². The highest BCUT2D eigenvalue weighted by Gasteiger charge is 2.36. The molecule has 5 rings (SSSR count). The van der Waals surface area contributed by atoms with E-state index in [2.05, 4.69) is 15.6 Å². The highest BCUT2D eigenvalue weighted by Crippen LogP contribution is 2.33. The number of halogens is 1. The Labute approximate surface area is 237 Å². The second-order valence-corrected chi connectivity index (χ2v) is 10.1. The van der Waals surface area contributed by atoms with Gasteiger partial charge >= 0.3 is 5.97 Å². The first-order chi connectivity index (χ1) is 19.4. The van der Waals surface area contributed by atoms with Crippen LogP contribution in [-0.2, 0) is 17.8 Å². The van der Waals surface area contributed by atoms with Gasteiger partial charge < -0.3 is 24.9 Å². The summed E-state index contributed by atoms with van der Waals surface area (Å²) < 4.78 is 11.9. The molecule has 1 amide bonds. The number of nitrogens with one attached hydrogen (secondary N) is 2.